The summed E-state index contributed by atoms with van der Waals surface area (Å²) in [6.07, 6.45) is 6.63. The molecule has 1 fully saturated rings. The molecule has 0 spiro atoms. The van der Waals surface area contributed by atoms with Crippen molar-refractivity contribution < 1.29 is 0 Å². The molecule has 1 saturated carbocycles. The van der Waals surface area contributed by atoms with E-state index in [1.807, 2.05) is 0 Å². The van der Waals surface area contributed by atoms with Gasteiger partial charge in [0.15, 0.2) is 0 Å². The van der Waals surface area contributed by atoms with Crippen LogP contribution in [0.4, 0.5) is 11.4 Å². The van der Waals surface area contributed by atoms with Gasteiger partial charge >= 0.3 is 0 Å². The molecule has 0 unspecified atom stereocenters. The zero-order valence-electron chi connectivity index (χ0n) is 23.7. The lowest BCUT2D eigenvalue weighted by molar-refractivity contribution is 0.442. The fourth-order valence-corrected chi connectivity index (χ4v) is 7.01. The van der Waals surface area contributed by atoms with Crippen molar-refractivity contribution in [1.82, 2.24) is 0 Å². The molecular formula is C37H41N. The van der Waals surface area contributed by atoms with Gasteiger partial charge in [-0.1, -0.05) is 99.8 Å². The number of hydrogen-bond acceptors (Lipinski definition) is 1. The number of rotatable bonds is 4. The maximum Gasteiger partial charge on any atom is 0.0454 e. The minimum absolute atomic E-state index is 0.00745. The number of benzene rings is 4. The summed E-state index contributed by atoms with van der Waals surface area (Å²) in [5.41, 5.74) is 12.4. The van der Waals surface area contributed by atoms with Gasteiger partial charge < -0.3 is 4.90 Å². The zero-order chi connectivity index (χ0) is 26.5. The molecule has 0 saturated heterocycles. The van der Waals surface area contributed by atoms with Crippen LogP contribution < -0.4 is 4.90 Å². The van der Waals surface area contributed by atoms with E-state index in [9.17, 15) is 0 Å². The van der Waals surface area contributed by atoms with E-state index in [-0.39, 0.29) is 11.0 Å². The highest BCUT2D eigenvalue weighted by Crippen LogP contribution is 2.53. The fraction of sp³-hybridized carbons (Fsp3) is 0.351. The van der Waals surface area contributed by atoms with Crippen molar-refractivity contribution in [1.29, 1.82) is 0 Å². The highest BCUT2D eigenvalue weighted by molar-refractivity contribution is 5.85. The lowest BCUT2D eigenvalue weighted by atomic mass is 9.78. The molecule has 2 aliphatic carbocycles. The Labute approximate surface area is 229 Å². The standard InChI is InChI=1S/C37H41N/c1-36(2,3)38(29-22-20-27(21-23-29)26-14-8-6-9-15-26)35-25-34-32(24-31(35)28-16-10-7-11-17-28)30-18-12-13-19-33(30)37(34,4)5/h6,8-9,12-15,18-25,28H,7,10-11,16-17H2,1-5H3. The molecule has 0 aliphatic heterocycles. The van der Waals surface area contributed by atoms with E-state index in [1.54, 1.807) is 0 Å². The van der Waals surface area contributed by atoms with E-state index in [1.165, 1.54) is 82.4 Å². The monoisotopic (exact) mass is 499 g/mol. The molecule has 0 radical (unpaired) electrons. The van der Waals surface area contributed by atoms with E-state index >= 15 is 0 Å². The Morgan fingerprint density at radius 2 is 1.29 bits per heavy atom. The summed E-state index contributed by atoms with van der Waals surface area (Å²) >= 11 is 0. The first kappa shape index (κ1) is 25.0. The van der Waals surface area contributed by atoms with Crippen LogP contribution in [0.15, 0.2) is 91.0 Å². The zero-order valence-corrected chi connectivity index (χ0v) is 23.7. The van der Waals surface area contributed by atoms with Crippen LogP contribution in [0.25, 0.3) is 22.3 Å². The smallest absolute Gasteiger partial charge is 0.0454 e. The maximum absolute atomic E-state index is 2.62. The summed E-state index contributed by atoms with van der Waals surface area (Å²) in [5.74, 6) is 0.619. The Balaban J connectivity index is 1.53. The summed E-state index contributed by atoms with van der Waals surface area (Å²) in [6.45, 7) is 11.9. The fourth-order valence-electron chi connectivity index (χ4n) is 7.01. The van der Waals surface area contributed by atoms with Crippen molar-refractivity contribution in [2.24, 2.45) is 0 Å². The normalized spacial score (nSPS) is 16.7. The Morgan fingerprint density at radius 1 is 0.658 bits per heavy atom. The van der Waals surface area contributed by atoms with Crippen LogP contribution in [-0.2, 0) is 5.41 Å². The summed E-state index contributed by atoms with van der Waals surface area (Å²) in [7, 11) is 0. The maximum atomic E-state index is 2.62. The third-order valence-electron chi connectivity index (χ3n) is 8.92. The highest BCUT2D eigenvalue weighted by atomic mass is 15.2. The topological polar surface area (TPSA) is 3.24 Å². The molecule has 0 aromatic heterocycles. The molecule has 2 aliphatic rings. The molecule has 1 nitrogen and oxygen atoms in total. The highest BCUT2D eigenvalue weighted by Gasteiger charge is 2.38. The first-order valence-corrected chi connectivity index (χ1v) is 14.5. The molecule has 0 heterocycles. The largest absolute Gasteiger partial charge is 0.336 e. The lowest BCUT2D eigenvalue weighted by Gasteiger charge is -2.41. The summed E-state index contributed by atoms with van der Waals surface area (Å²) in [6, 6.07) is 34.1. The van der Waals surface area contributed by atoms with Gasteiger partial charge in [0.05, 0.1) is 0 Å². The molecule has 0 bridgehead atoms. The van der Waals surface area contributed by atoms with Crippen LogP contribution in [0, 0.1) is 0 Å². The summed E-state index contributed by atoms with van der Waals surface area (Å²) < 4.78 is 0. The lowest BCUT2D eigenvalue weighted by Crippen LogP contribution is -2.38. The van der Waals surface area contributed by atoms with Gasteiger partial charge in [-0.3, -0.25) is 0 Å². The van der Waals surface area contributed by atoms with Crippen LogP contribution in [0.2, 0.25) is 0 Å². The van der Waals surface area contributed by atoms with Gasteiger partial charge in [-0.2, -0.15) is 0 Å². The predicted molar refractivity (Wildman–Crippen MR) is 164 cm³/mol. The Kier molecular flexibility index (Phi) is 6.22. The van der Waals surface area contributed by atoms with Crippen molar-refractivity contribution >= 4 is 11.4 Å². The first-order valence-electron chi connectivity index (χ1n) is 14.5. The Hall–Kier alpha value is -3.32. The molecule has 4 aromatic carbocycles. The van der Waals surface area contributed by atoms with Crippen LogP contribution in [0.1, 0.15) is 89.3 Å². The third kappa shape index (κ3) is 4.27. The van der Waals surface area contributed by atoms with Crippen LogP contribution in [-0.4, -0.2) is 5.54 Å². The Morgan fingerprint density at radius 3 is 1.97 bits per heavy atom. The van der Waals surface area contributed by atoms with Gasteiger partial charge in [0, 0.05) is 22.3 Å². The van der Waals surface area contributed by atoms with Gasteiger partial charge in [0.2, 0.25) is 0 Å². The minimum Gasteiger partial charge on any atom is -0.336 e. The summed E-state index contributed by atoms with van der Waals surface area (Å²) in [5, 5.41) is 0. The van der Waals surface area contributed by atoms with Gasteiger partial charge in [0.25, 0.3) is 0 Å². The van der Waals surface area contributed by atoms with Gasteiger partial charge in [-0.15, -0.1) is 0 Å². The molecule has 194 valence electrons. The summed E-state index contributed by atoms with van der Waals surface area (Å²) in [4.78, 5) is 2.62. The van der Waals surface area contributed by atoms with Crippen molar-refractivity contribution in [3.63, 3.8) is 0 Å². The average Bonchev–Trinajstić information content (AvgIpc) is 3.15. The number of hydrogen-bond donors (Lipinski definition) is 0. The second-order valence-corrected chi connectivity index (χ2v) is 12.9. The predicted octanol–water partition coefficient (Wildman–Crippen LogP) is 10.6. The second-order valence-electron chi connectivity index (χ2n) is 12.9. The minimum atomic E-state index is -0.0679. The van der Waals surface area contributed by atoms with Crippen LogP contribution in [0.3, 0.4) is 0 Å². The van der Waals surface area contributed by atoms with Crippen molar-refractivity contribution in [3.8, 4) is 22.3 Å². The van der Waals surface area contributed by atoms with E-state index in [4.69, 9.17) is 0 Å². The van der Waals surface area contributed by atoms with Crippen molar-refractivity contribution in [2.75, 3.05) is 4.90 Å². The Bertz CT molecular complexity index is 1430. The van der Waals surface area contributed by atoms with Crippen molar-refractivity contribution in [3.05, 3.63) is 108 Å². The first-order chi connectivity index (χ1) is 18.2. The molecule has 0 amide bonds. The van der Waals surface area contributed by atoms with Crippen LogP contribution >= 0.6 is 0 Å². The molecule has 0 N–H and O–H groups in total. The number of anilines is 2. The molecule has 4 aromatic rings. The second kappa shape index (κ2) is 9.45. The van der Waals surface area contributed by atoms with Gasteiger partial charge in [-0.25, -0.2) is 0 Å². The third-order valence-corrected chi connectivity index (χ3v) is 8.92. The average molecular weight is 500 g/mol. The number of nitrogens with zero attached hydrogens (tertiary/aromatic N) is 1. The van der Waals surface area contributed by atoms with E-state index in [0.29, 0.717) is 5.92 Å². The molecule has 0 atom stereocenters. The quantitative estimate of drug-likeness (QED) is 0.270. The van der Waals surface area contributed by atoms with E-state index < -0.39 is 0 Å². The number of fused-ring (bicyclic) bond motifs is 3. The molecule has 1 heteroatoms. The van der Waals surface area contributed by atoms with Crippen LogP contribution in [0.5, 0.6) is 0 Å². The molecular weight excluding hydrogens is 458 g/mol. The van der Waals surface area contributed by atoms with E-state index in [2.05, 4.69) is 131 Å². The molecule has 38 heavy (non-hydrogen) atoms. The van der Waals surface area contributed by atoms with Gasteiger partial charge in [0.1, 0.15) is 0 Å². The van der Waals surface area contributed by atoms with Crippen molar-refractivity contribution in [2.45, 2.75) is 83.6 Å². The molecule has 6 rings (SSSR count). The SMILES string of the molecule is CC1(C)c2ccccc2-c2cc(C3CCCCC3)c(N(c3ccc(-c4ccccc4)cc3)C(C)(C)C)cc21. The van der Waals surface area contributed by atoms with E-state index in [0.717, 1.165) is 0 Å². The van der Waals surface area contributed by atoms with Gasteiger partial charge in [-0.05, 0) is 103 Å².